The number of hydrogen-bond donors (Lipinski definition) is 1. The topological polar surface area (TPSA) is 29.1 Å². The van der Waals surface area contributed by atoms with Crippen LogP contribution >= 0.6 is 0 Å². The molecule has 0 atom stereocenters. The Morgan fingerprint density at radius 3 is 1.86 bits per heavy atom. The van der Waals surface area contributed by atoms with Crippen LogP contribution in [0.25, 0.3) is 0 Å². The zero-order chi connectivity index (χ0) is 17.1. The second kappa shape index (κ2) is 20.2. The van der Waals surface area contributed by atoms with Gasteiger partial charge in [-0.25, -0.2) is 0 Å². The van der Waals surface area contributed by atoms with Gasteiger partial charge in [0.2, 0.25) is 6.41 Å². The molecular weight excluding hydrogens is 258 g/mol. The molecule has 0 fully saturated rings. The Hall–Kier alpha value is -2.09. The van der Waals surface area contributed by atoms with Crippen LogP contribution in [0.4, 0.5) is 0 Å². The van der Waals surface area contributed by atoms with Gasteiger partial charge in [0.25, 0.3) is 0 Å². The van der Waals surface area contributed by atoms with E-state index in [1.807, 2.05) is 52.8 Å². The molecule has 0 aromatic heterocycles. The Morgan fingerprint density at radius 2 is 1.57 bits per heavy atom. The molecule has 1 N–H and O–H groups in total. The smallest absolute Gasteiger partial charge is 0.211 e. The standard InChI is InChI=1S/C8H11NO.C7H8.2C2H6/c1-4-7(2)5-8(3)9-6-10;1-7-5-3-2-4-6-7;2*1-2/h4-6H,1,3H2,2H3,(H,9,10);2-6H,1H3;2*1-2H3/b7-5-;;;. The van der Waals surface area contributed by atoms with E-state index in [4.69, 9.17) is 0 Å². The van der Waals surface area contributed by atoms with Gasteiger partial charge in [-0.2, -0.15) is 0 Å². The Morgan fingerprint density at radius 1 is 1.10 bits per heavy atom. The van der Waals surface area contributed by atoms with Crippen LogP contribution in [0.3, 0.4) is 0 Å². The first-order valence-corrected chi connectivity index (χ1v) is 7.31. The van der Waals surface area contributed by atoms with Crippen LogP contribution in [0.1, 0.15) is 40.2 Å². The molecule has 1 aromatic carbocycles. The fourth-order valence-corrected chi connectivity index (χ4v) is 0.985. The van der Waals surface area contributed by atoms with Crippen molar-refractivity contribution in [2.24, 2.45) is 0 Å². The Bertz CT molecular complexity index is 391. The predicted molar refractivity (Wildman–Crippen MR) is 96.2 cm³/mol. The van der Waals surface area contributed by atoms with Gasteiger partial charge >= 0.3 is 0 Å². The number of aryl methyl sites for hydroxylation is 1. The molecule has 0 unspecified atom stereocenters. The summed E-state index contributed by atoms with van der Waals surface area (Å²) in [6.07, 6.45) is 4.02. The summed E-state index contributed by atoms with van der Waals surface area (Å²) in [4.78, 5) is 9.86. The van der Waals surface area contributed by atoms with E-state index in [0.717, 1.165) is 5.57 Å². The highest BCUT2D eigenvalue weighted by Crippen LogP contribution is 1.96. The van der Waals surface area contributed by atoms with Crippen LogP contribution < -0.4 is 5.32 Å². The Labute approximate surface area is 131 Å². The summed E-state index contributed by atoms with van der Waals surface area (Å²) in [5, 5.41) is 2.41. The van der Waals surface area contributed by atoms with Crippen molar-refractivity contribution in [3.05, 3.63) is 72.5 Å². The van der Waals surface area contributed by atoms with E-state index < -0.39 is 0 Å². The lowest BCUT2D eigenvalue weighted by Crippen LogP contribution is -2.06. The molecule has 1 rings (SSSR count). The van der Waals surface area contributed by atoms with E-state index >= 15 is 0 Å². The van der Waals surface area contributed by atoms with Gasteiger partial charge in [0, 0.05) is 5.70 Å². The number of benzene rings is 1. The van der Waals surface area contributed by atoms with Crippen LogP contribution in [0, 0.1) is 6.92 Å². The van der Waals surface area contributed by atoms with Crippen LogP contribution in [0.2, 0.25) is 0 Å². The average molecular weight is 289 g/mol. The molecule has 21 heavy (non-hydrogen) atoms. The van der Waals surface area contributed by atoms with Crippen molar-refractivity contribution >= 4 is 6.41 Å². The van der Waals surface area contributed by atoms with Crippen molar-refractivity contribution in [3.63, 3.8) is 0 Å². The SMILES string of the molecule is C=C/C(C)=C\C(=C)NC=O.CC.CC.Cc1ccccc1. The highest BCUT2D eigenvalue weighted by Gasteiger charge is 1.84. The van der Waals surface area contributed by atoms with Crippen molar-refractivity contribution in [3.8, 4) is 0 Å². The van der Waals surface area contributed by atoms with Gasteiger partial charge in [-0.15, -0.1) is 0 Å². The van der Waals surface area contributed by atoms with Crippen molar-refractivity contribution < 1.29 is 4.79 Å². The number of hydrogen-bond acceptors (Lipinski definition) is 1. The first kappa shape index (κ1) is 24.0. The minimum atomic E-state index is 0.576. The molecule has 0 heterocycles. The van der Waals surface area contributed by atoms with Gasteiger partial charge in [-0.1, -0.05) is 82.8 Å². The molecule has 2 nitrogen and oxygen atoms in total. The maximum Gasteiger partial charge on any atom is 0.211 e. The first-order chi connectivity index (χ1) is 10.1. The molecule has 0 radical (unpaired) electrons. The van der Waals surface area contributed by atoms with Gasteiger partial charge in [0.1, 0.15) is 0 Å². The minimum absolute atomic E-state index is 0.576. The monoisotopic (exact) mass is 289 g/mol. The Kier molecular flexibility index (Phi) is 23.1. The molecule has 2 heteroatoms. The summed E-state index contributed by atoms with van der Waals surface area (Å²) in [7, 11) is 0. The molecule has 0 aliphatic carbocycles. The fraction of sp³-hybridized carbons (Fsp3) is 0.316. The van der Waals surface area contributed by atoms with Crippen molar-refractivity contribution in [1.82, 2.24) is 5.32 Å². The fourth-order valence-electron chi connectivity index (χ4n) is 0.985. The molecule has 0 bridgehead atoms. The summed E-state index contributed by atoms with van der Waals surface area (Å²) in [5.74, 6) is 0. The van der Waals surface area contributed by atoms with Crippen LogP contribution in [-0.2, 0) is 4.79 Å². The number of allylic oxidation sites excluding steroid dienone is 3. The first-order valence-electron chi connectivity index (χ1n) is 7.31. The normalized spacial score (nSPS) is 8.38. The largest absolute Gasteiger partial charge is 0.329 e. The molecule has 0 saturated heterocycles. The maximum atomic E-state index is 9.86. The summed E-state index contributed by atoms with van der Waals surface area (Å²) in [5.41, 5.74) is 2.87. The van der Waals surface area contributed by atoms with Crippen LogP contribution in [-0.4, -0.2) is 6.41 Å². The minimum Gasteiger partial charge on any atom is -0.329 e. The molecule has 0 spiro atoms. The van der Waals surface area contributed by atoms with Gasteiger partial charge in [-0.05, 0) is 25.5 Å². The van der Waals surface area contributed by atoms with E-state index in [1.54, 1.807) is 12.2 Å². The Balaban J connectivity index is -0.000000256. The highest BCUT2D eigenvalue weighted by atomic mass is 16.1. The predicted octanol–water partition coefficient (Wildman–Crippen LogP) is 5.43. The van der Waals surface area contributed by atoms with Crippen LogP contribution in [0.15, 0.2) is 66.9 Å². The summed E-state index contributed by atoms with van der Waals surface area (Å²) in [6.45, 7) is 19.1. The van der Waals surface area contributed by atoms with E-state index in [-0.39, 0.29) is 0 Å². The summed E-state index contributed by atoms with van der Waals surface area (Å²) < 4.78 is 0. The molecule has 0 aliphatic heterocycles. The second-order valence-electron chi connectivity index (χ2n) is 3.53. The maximum absolute atomic E-state index is 9.86. The third-order valence-electron chi connectivity index (χ3n) is 1.91. The third kappa shape index (κ3) is 20.4. The number of rotatable bonds is 4. The highest BCUT2D eigenvalue weighted by molar-refractivity contribution is 5.51. The number of carbonyl (C=O) groups excluding carboxylic acids is 1. The van der Waals surface area contributed by atoms with Crippen molar-refractivity contribution in [2.45, 2.75) is 41.5 Å². The van der Waals surface area contributed by atoms with E-state index in [2.05, 4.69) is 37.5 Å². The summed E-state index contributed by atoms with van der Waals surface area (Å²) in [6, 6.07) is 10.3. The molecule has 1 aromatic rings. The van der Waals surface area contributed by atoms with E-state index in [1.165, 1.54) is 5.56 Å². The van der Waals surface area contributed by atoms with Gasteiger partial charge in [0.15, 0.2) is 0 Å². The van der Waals surface area contributed by atoms with Gasteiger partial charge in [0.05, 0.1) is 0 Å². The number of carbonyl (C=O) groups is 1. The van der Waals surface area contributed by atoms with Gasteiger partial charge in [-0.3, -0.25) is 4.79 Å². The van der Waals surface area contributed by atoms with Crippen LogP contribution in [0.5, 0.6) is 0 Å². The lowest BCUT2D eigenvalue weighted by molar-refractivity contribution is -0.108. The molecule has 0 aliphatic rings. The third-order valence-corrected chi connectivity index (χ3v) is 1.91. The van der Waals surface area contributed by atoms with E-state index in [9.17, 15) is 4.79 Å². The van der Waals surface area contributed by atoms with E-state index in [0.29, 0.717) is 12.1 Å². The zero-order valence-electron chi connectivity index (χ0n) is 14.4. The second-order valence-corrected chi connectivity index (χ2v) is 3.53. The molecule has 1 amide bonds. The lowest BCUT2D eigenvalue weighted by atomic mass is 10.2. The molecule has 118 valence electrons. The number of nitrogens with one attached hydrogen (secondary N) is 1. The zero-order valence-corrected chi connectivity index (χ0v) is 14.4. The average Bonchev–Trinajstić information content (AvgIpc) is 2.52. The molecule has 0 saturated carbocycles. The number of amides is 1. The summed E-state index contributed by atoms with van der Waals surface area (Å²) >= 11 is 0. The van der Waals surface area contributed by atoms with Crippen molar-refractivity contribution in [2.75, 3.05) is 0 Å². The molecular formula is C19H31NO. The van der Waals surface area contributed by atoms with Crippen molar-refractivity contribution in [1.29, 1.82) is 0 Å². The quantitative estimate of drug-likeness (QED) is 0.581. The lowest BCUT2D eigenvalue weighted by Gasteiger charge is -1.95. The van der Waals surface area contributed by atoms with Gasteiger partial charge < -0.3 is 5.32 Å².